The van der Waals surface area contributed by atoms with Gasteiger partial charge in [-0.3, -0.25) is 9.69 Å². The van der Waals surface area contributed by atoms with Crippen LogP contribution in [0.15, 0.2) is 5.16 Å². The van der Waals surface area contributed by atoms with Crippen molar-refractivity contribution in [3.63, 3.8) is 0 Å². The summed E-state index contributed by atoms with van der Waals surface area (Å²) >= 11 is 0. The summed E-state index contributed by atoms with van der Waals surface area (Å²) in [6.07, 6.45) is -0.981. The van der Waals surface area contributed by atoms with Crippen LogP contribution in [0.4, 0.5) is 4.79 Å². The lowest BCUT2D eigenvalue weighted by Crippen LogP contribution is -2.42. The standard InChI is InChI=1S/C7H11N3O4/c1-14-9-4-2-5(6(8)11)10(3-4)7(12)13/h5H,2-3H2,1H3,(H2,8,11)(H,12,13)/b9-4+. The van der Waals surface area contributed by atoms with Gasteiger partial charge in [-0.25, -0.2) is 4.79 Å². The molecule has 1 saturated heterocycles. The Morgan fingerprint density at radius 2 is 2.36 bits per heavy atom. The number of likely N-dealkylation sites (tertiary alicyclic amines) is 1. The largest absolute Gasteiger partial charge is 0.465 e. The number of nitrogens with zero attached hydrogens (tertiary/aromatic N) is 2. The molecule has 0 aromatic heterocycles. The topological polar surface area (TPSA) is 105 Å². The van der Waals surface area contributed by atoms with Gasteiger partial charge >= 0.3 is 6.09 Å². The van der Waals surface area contributed by atoms with E-state index in [1.807, 2.05) is 0 Å². The summed E-state index contributed by atoms with van der Waals surface area (Å²) in [7, 11) is 1.36. The highest BCUT2D eigenvalue weighted by molar-refractivity contribution is 5.99. The van der Waals surface area contributed by atoms with Crippen LogP contribution in [-0.2, 0) is 9.63 Å². The fraction of sp³-hybridized carbons (Fsp3) is 0.571. The second kappa shape index (κ2) is 3.95. The Balaban J connectivity index is 2.80. The van der Waals surface area contributed by atoms with Gasteiger partial charge in [-0.15, -0.1) is 0 Å². The summed E-state index contributed by atoms with van der Waals surface area (Å²) in [4.78, 5) is 27.0. The molecule has 0 spiro atoms. The highest BCUT2D eigenvalue weighted by Gasteiger charge is 2.36. The minimum Gasteiger partial charge on any atom is -0.465 e. The number of hydrogen-bond donors (Lipinski definition) is 2. The van der Waals surface area contributed by atoms with Crippen molar-refractivity contribution in [3.05, 3.63) is 0 Å². The van der Waals surface area contributed by atoms with Crippen LogP contribution in [0.2, 0.25) is 0 Å². The van der Waals surface area contributed by atoms with E-state index in [1.165, 1.54) is 7.11 Å². The molecular weight excluding hydrogens is 190 g/mol. The average molecular weight is 201 g/mol. The number of carbonyl (C=O) groups is 2. The normalized spacial score (nSPS) is 23.9. The van der Waals surface area contributed by atoms with E-state index in [2.05, 4.69) is 9.99 Å². The Kier molecular flexibility index (Phi) is 2.90. The van der Waals surface area contributed by atoms with E-state index >= 15 is 0 Å². The van der Waals surface area contributed by atoms with Crippen molar-refractivity contribution >= 4 is 17.7 Å². The first-order valence-corrected chi connectivity index (χ1v) is 3.94. The van der Waals surface area contributed by atoms with Crippen LogP contribution < -0.4 is 5.73 Å². The summed E-state index contributed by atoms with van der Waals surface area (Å²) in [6, 6.07) is -0.832. The fourth-order valence-electron chi connectivity index (χ4n) is 1.36. The third-order valence-corrected chi connectivity index (χ3v) is 1.95. The van der Waals surface area contributed by atoms with Crippen LogP contribution in [-0.4, -0.2) is 47.4 Å². The van der Waals surface area contributed by atoms with Gasteiger partial charge in [0.2, 0.25) is 5.91 Å². The molecule has 1 unspecified atom stereocenters. The Labute approximate surface area is 80.1 Å². The molecule has 1 aliphatic heterocycles. The predicted molar refractivity (Wildman–Crippen MR) is 46.8 cm³/mol. The molecule has 3 N–H and O–H groups in total. The second-order valence-electron chi connectivity index (χ2n) is 2.87. The van der Waals surface area contributed by atoms with Gasteiger partial charge in [0.15, 0.2) is 0 Å². The molecule has 2 amide bonds. The molecule has 0 aromatic rings. The first-order chi connectivity index (χ1) is 6.56. The number of nitrogens with two attached hydrogens (primary N) is 1. The molecule has 1 atom stereocenters. The van der Waals surface area contributed by atoms with Crippen LogP contribution in [0.3, 0.4) is 0 Å². The van der Waals surface area contributed by atoms with Crippen molar-refractivity contribution in [1.82, 2.24) is 4.90 Å². The fourth-order valence-corrected chi connectivity index (χ4v) is 1.36. The third-order valence-electron chi connectivity index (χ3n) is 1.95. The average Bonchev–Trinajstić information content (AvgIpc) is 2.49. The van der Waals surface area contributed by atoms with Crippen molar-refractivity contribution in [2.24, 2.45) is 10.9 Å². The van der Waals surface area contributed by atoms with Crippen LogP contribution in [0.25, 0.3) is 0 Å². The van der Waals surface area contributed by atoms with E-state index in [9.17, 15) is 9.59 Å². The zero-order valence-electron chi connectivity index (χ0n) is 7.64. The van der Waals surface area contributed by atoms with Gasteiger partial charge in [-0.05, 0) is 0 Å². The zero-order valence-corrected chi connectivity index (χ0v) is 7.64. The molecule has 78 valence electrons. The van der Waals surface area contributed by atoms with Gasteiger partial charge in [0, 0.05) is 6.42 Å². The van der Waals surface area contributed by atoms with Crippen molar-refractivity contribution in [3.8, 4) is 0 Å². The molecule has 7 nitrogen and oxygen atoms in total. The van der Waals surface area contributed by atoms with Gasteiger partial charge in [0.1, 0.15) is 13.2 Å². The maximum Gasteiger partial charge on any atom is 0.408 e. The Bertz CT molecular complexity index is 265. The molecule has 0 radical (unpaired) electrons. The molecular formula is C7H11N3O4. The van der Waals surface area contributed by atoms with E-state index in [0.717, 1.165) is 4.90 Å². The van der Waals surface area contributed by atoms with Crippen molar-refractivity contribution in [2.45, 2.75) is 12.5 Å². The van der Waals surface area contributed by atoms with Gasteiger partial charge in [0.05, 0.1) is 12.3 Å². The molecule has 14 heavy (non-hydrogen) atoms. The Hall–Kier alpha value is -1.79. The molecule has 7 heteroatoms. The first kappa shape index (κ1) is 10.3. The maximum absolute atomic E-state index is 10.9. The third kappa shape index (κ3) is 1.93. The SMILES string of the molecule is CO/N=C1\CC(C(N)=O)N(C(=O)O)C1. The number of carbonyl (C=O) groups excluding carboxylic acids is 1. The summed E-state index contributed by atoms with van der Waals surface area (Å²) < 4.78 is 0. The lowest BCUT2D eigenvalue weighted by Gasteiger charge is -2.16. The zero-order chi connectivity index (χ0) is 10.7. The molecule has 0 saturated carbocycles. The first-order valence-electron chi connectivity index (χ1n) is 3.94. The molecule has 0 aliphatic carbocycles. The van der Waals surface area contributed by atoms with E-state index in [1.54, 1.807) is 0 Å². The minimum atomic E-state index is -1.19. The van der Waals surface area contributed by atoms with Gasteiger partial charge in [0.25, 0.3) is 0 Å². The highest BCUT2D eigenvalue weighted by atomic mass is 16.6. The predicted octanol–water partition coefficient (Wildman–Crippen LogP) is -0.774. The van der Waals surface area contributed by atoms with Crippen LogP contribution >= 0.6 is 0 Å². The van der Waals surface area contributed by atoms with Crippen LogP contribution in [0.5, 0.6) is 0 Å². The molecule has 0 bridgehead atoms. The van der Waals surface area contributed by atoms with Crippen molar-refractivity contribution in [2.75, 3.05) is 13.7 Å². The summed E-state index contributed by atoms with van der Waals surface area (Å²) in [5, 5.41) is 12.3. The summed E-state index contributed by atoms with van der Waals surface area (Å²) in [5.74, 6) is -0.672. The molecule has 1 aliphatic rings. The molecule has 1 heterocycles. The number of amides is 2. The number of rotatable bonds is 2. The smallest absolute Gasteiger partial charge is 0.408 e. The van der Waals surface area contributed by atoms with E-state index < -0.39 is 18.0 Å². The van der Waals surface area contributed by atoms with E-state index in [0.29, 0.717) is 5.71 Å². The lowest BCUT2D eigenvalue weighted by molar-refractivity contribution is -0.121. The van der Waals surface area contributed by atoms with Crippen LogP contribution in [0, 0.1) is 0 Å². The van der Waals surface area contributed by atoms with E-state index in [4.69, 9.17) is 10.8 Å². The Morgan fingerprint density at radius 3 is 2.71 bits per heavy atom. The van der Waals surface area contributed by atoms with Gasteiger partial charge in [-0.2, -0.15) is 0 Å². The molecule has 1 fully saturated rings. The van der Waals surface area contributed by atoms with E-state index in [-0.39, 0.29) is 13.0 Å². The lowest BCUT2D eigenvalue weighted by atomic mass is 10.2. The summed E-state index contributed by atoms with van der Waals surface area (Å²) in [5.41, 5.74) is 5.54. The van der Waals surface area contributed by atoms with Crippen molar-refractivity contribution in [1.29, 1.82) is 0 Å². The number of hydrogen-bond acceptors (Lipinski definition) is 4. The van der Waals surface area contributed by atoms with Gasteiger partial charge in [-0.1, -0.05) is 5.16 Å². The summed E-state index contributed by atoms with van der Waals surface area (Å²) in [6.45, 7) is 0.0663. The van der Waals surface area contributed by atoms with Crippen molar-refractivity contribution < 1.29 is 19.5 Å². The quantitative estimate of drug-likeness (QED) is 0.572. The second-order valence-corrected chi connectivity index (χ2v) is 2.87. The Morgan fingerprint density at radius 1 is 1.71 bits per heavy atom. The number of primary amides is 1. The maximum atomic E-state index is 10.9. The minimum absolute atomic E-state index is 0.0663. The molecule has 0 aromatic carbocycles. The monoisotopic (exact) mass is 201 g/mol. The number of carboxylic acid groups (broad SMARTS) is 1. The van der Waals surface area contributed by atoms with Crippen LogP contribution in [0.1, 0.15) is 6.42 Å². The van der Waals surface area contributed by atoms with Gasteiger partial charge < -0.3 is 15.7 Å². The highest BCUT2D eigenvalue weighted by Crippen LogP contribution is 2.15. The number of oxime groups is 1. The molecule has 1 rings (SSSR count).